The summed E-state index contributed by atoms with van der Waals surface area (Å²) in [6, 6.07) is 17.3. The zero-order valence-corrected chi connectivity index (χ0v) is 23.8. The molecular formula is C31H37FN4O5. The van der Waals surface area contributed by atoms with Crippen LogP contribution in [-0.2, 0) is 6.54 Å². The molecule has 3 amide bonds. The van der Waals surface area contributed by atoms with Crippen molar-refractivity contribution < 1.29 is 28.6 Å². The standard InChI is InChI=1S/C31H37FN4O5/c1-20-16-36(21(2)19-37)30(38)26-6-5-7-27(34-31(39)33-24-12-10-23(32)11-13-24)29(26)41-28(20)18-35(3)17-22-8-14-25(40-4)15-9-22/h5-15,20-21,28,37H,16-19H2,1-4H3,(H2,33,34,39)/t20-,21-,28+/m0/s1. The number of hydrogen-bond acceptors (Lipinski definition) is 6. The van der Waals surface area contributed by atoms with Crippen molar-refractivity contribution in [1.82, 2.24) is 9.80 Å². The molecule has 3 atom stereocenters. The molecule has 1 heterocycles. The molecule has 3 aromatic carbocycles. The van der Waals surface area contributed by atoms with Crippen LogP contribution in [0.15, 0.2) is 66.7 Å². The molecule has 0 saturated carbocycles. The molecule has 0 aliphatic carbocycles. The molecule has 1 aliphatic rings. The number of rotatable bonds is 9. The third-order valence-electron chi connectivity index (χ3n) is 7.14. The average molecular weight is 565 g/mol. The Balaban J connectivity index is 1.61. The van der Waals surface area contributed by atoms with Gasteiger partial charge in [0.15, 0.2) is 5.75 Å². The van der Waals surface area contributed by atoms with Gasteiger partial charge in [0, 0.05) is 31.2 Å². The van der Waals surface area contributed by atoms with E-state index >= 15 is 0 Å². The van der Waals surface area contributed by atoms with Gasteiger partial charge in [-0.25, -0.2) is 9.18 Å². The predicted octanol–water partition coefficient (Wildman–Crippen LogP) is 4.83. The Bertz CT molecular complexity index is 1340. The third kappa shape index (κ3) is 7.53. The van der Waals surface area contributed by atoms with Crippen LogP contribution in [0.3, 0.4) is 0 Å². The SMILES string of the molecule is COc1ccc(CN(C)C[C@H]2Oc3c(NC(=O)Nc4ccc(F)cc4)cccc3C(=O)N([C@@H](C)CO)C[C@@H]2C)cc1. The van der Waals surface area contributed by atoms with E-state index in [4.69, 9.17) is 9.47 Å². The number of aliphatic hydroxyl groups excluding tert-OH is 1. The number of urea groups is 1. The van der Waals surface area contributed by atoms with E-state index in [-0.39, 0.29) is 30.3 Å². The first-order valence-corrected chi connectivity index (χ1v) is 13.5. The highest BCUT2D eigenvalue weighted by atomic mass is 19.1. The molecule has 0 fully saturated rings. The van der Waals surface area contributed by atoms with Crippen molar-refractivity contribution in [2.24, 2.45) is 5.92 Å². The Kier molecular flexibility index (Phi) is 9.80. The van der Waals surface area contributed by atoms with Crippen LogP contribution in [0.25, 0.3) is 0 Å². The summed E-state index contributed by atoms with van der Waals surface area (Å²) in [4.78, 5) is 30.3. The van der Waals surface area contributed by atoms with Crippen LogP contribution in [0.2, 0.25) is 0 Å². The minimum Gasteiger partial charge on any atom is -0.497 e. The summed E-state index contributed by atoms with van der Waals surface area (Å²) in [5, 5.41) is 15.4. The van der Waals surface area contributed by atoms with Crippen LogP contribution < -0.4 is 20.1 Å². The minimum absolute atomic E-state index is 0.0967. The lowest BCUT2D eigenvalue weighted by Gasteiger charge is -2.38. The second-order valence-electron chi connectivity index (χ2n) is 10.4. The van der Waals surface area contributed by atoms with Gasteiger partial charge in [0.05, 0.1) is 31.0 Å². The second kappa shape index (κ2) is 13.5. The van der Waals surface area contributed by atoms with E-state index in [1.54, 1.807) is 37.1 Å². The van der Waals surface area contributed by atoms with Crippen LogP contribution in [0.1, 0.15) is 29.8 Å². The van der Waals surface area contributed by atoms with E-state index in [0.29, 0.717) is 36.6 Å². The molecule has 0 saturated heterocycles. The van der Waals surface area contributed by atoms with E-state index < -0.39 is 17.9 Å². The van der Waals surface area contributed by atoms with Crippen LogP contribution in [0.4, 0.5) is 20.6 Å². The van der Waals surface area contributed by atoms with Crippen molar-refractivity contribution in [3.8, 4) is 11.5 Å². The lowest BCUT2D eigenvalue weighted by Crippen LogP contribution is -2.49. The van der Waals surface area contributed by atoms with Crippen molar-refractivity contribution in [3.63, 3.8) is 0 Å². The zero-order valence-electron chi connectivity index (χ0n) is 23.8. The van der Waals surface area contributed by atoms with Gasteiger partial charge in [-0.3, -0.25) is 9.69 Å². The Morgan fingerprint density at radius 3 is 2.51 bits per heavy atom. The summed E-state index contributed by atoms with van der Waals surface area (Å²) in [5.74, 6) is 0.250. The normalized spacial score (nSPS) is 17.6. The molecule has 0 spiro atoms. The summed E-state index contributed by atoms with van der Waals surface area (Å²) in [7, 11) is 3.63. The van der Waals surface area contributed by atoms with Gasteiger partial charge in [-0.2, -0.15) is 0 Å². The van der Waals surface area contributed by atoms with Crippen molar-refractivity contribution in [1.29, 1.82) is 0 Å². The fraction of sp³-hybridized carbons (Fsp3) is 0.355. The van der Waals surface area contributed by atoms with Gasteiger partial charge >= 0.3 is 6.03 Å². The maximum absolute atomic E-state index is 13.7. The molecule has 1 aliphatic heterocycles. The first kappa shape index (κ1) is 29.8. The fourth-order valence-corrected chi connectivity index (χ4v) is 4.79. The number of methoxy groups -OCH3 is 1. The van der Waals surface area contributed by atoms with E-state index in [2.05, 4.69) is 15.5 Å². The monoisotopic (exact) mass is 564 g/mol. The third-order valence-corrected chi connectivity index (χ3v) is 7.14. The smallest absolute Gasteiger partial charge is 0.323 e. The molecule has 0 radical (unpaired) electrons. The van der Waals surface area contributed by atoms with Crippen LogP contribution >= 0.6 is 0 Å². The Labute approximate surface area is 239 Å². The average Bonchev–Trinajstić information content (AvgIpc) is 2.96. The Morgan fingerprint density at radius 1 is 1.15 bits per heavy atom. The number of carbonyl (C=O) groups is 2. The molecule has 10 heteroatoms. The maximum atomic E-state index is 13.7. The number of nitrogens with one attached hydrogen (secondary N) is 2. The number of fused-ring (bicyclic) bond motifs is 1. The van der Waals surface area contributed by atoms with Gasteiger partial charge in [0.2, 0.25) is 0 Å². The molecular weight excluding hydrogens is 527 g/mol. The van der Waals surface area contributed by atoms with Crippen molar-refractivity contribution in [3.05, 3.63) is 83.7 Å². The number of benzene rings is 3. The van der Waals surface area contributed by atoms with Crippen LogP contribution in [0.5, 0.6) is 11.5 Å². The maximum Gasteiger partial charge on any atom is 0.323 e. The number of aliphatic hydroxyl groups is 1. The number of amides is 3. The number of likely N-dealkylation sites (N-methyl/N-ethyl adjacent to an activating group) is 1. The van der Waals surface area contributed by atoms with Gasteiger partial charge in [-0.15, -0.1) is 0 Å². The summed E-state index contributed by atoms with van der Waals surface area (Å²) in [6.45, 7) is 5.23. The second-order valence-corrected chi connectivity index (χ2v) is 10.4. The van der Waals surface area contributed by atoms with Crippen molar-refractivity contribution >= 4 is 23.3 Å². The van der Waals surface area contributed by atoms with Crippen molar-refractivity contribution in [2.75, 3.05) is 44.5 Å². The molecule has 3 N–H and O–H groups in total. The molecule has 0 aromatic heterocycles. The summed E-state index contributed by atoms with van der Waals surface area (Å²) in [6.07, 6.45) is -0.346. The quantitative estimate of drug-likeness (QED) is 0.344. The lowest BCUT2D eigenvalue weighted by molar-refractivity contribution is 0.0343. The minimum atomic E-state index is -0.565. The number of para-hydroxylation sites is 1. The zero-order chi connectivity index (χ0) is 29.5. The van der Waals surface area contributed by atoms with Gasteiger partial charge in [-0.1, -0.05) is 25.1 Å². The first-order chi connectivity index (χ1) is 19.7. The number of ether oxygens (including phenoxy) is 2. The molecule has 9 nitrogen and oxygen atoms in total. The van der Waals surface area contributed by atoms with Gasteiger partial charge in [0.1, 0.15) is 17.7 Å². The molecule has 218 valence electrons. The summed E-state index contributed by atoms with van der Waals surface area (Å²) >= 11 is 0. The lowest BCUT2D eigenvalue weighted by atomic mass is 9.99. The van der Waals surface area contributed by atoms with Crippen LogP contribution in [0, 0.1) is 11.7 Å². The number of hydrogen-bond donors (Lipinski definition) is 3. The molecule has 0 unspecified atom stereocenters. The number of nitrogens with zero attached hydrogens (tertiary/aromatic N) is 2. The van der Waals surface area contributed by atoms with E-state index in [9.17, 15) is 19.1 Å². The Hall–Kier alpha value is -4.15. The highest BCUT2D eigenvalue weighted by Crippen LogP contribution is 2.35. The summed E-state index contributed by atoms with van der Waals surface area (Å²) < 4.78 is 25.1. The summed E-state index contributed by atoms with van der Waals surface area (Å²) in [5.41, 5.74) is 2.13. The number of carbonyl (C=O) groups excluding carboxylic acids is 2. The number of halogens is 1. The molecule has 3 aromatic rings. The predicted molar refractivity (Wildman–Crippen MR) is 156 cm³/mol. The van der Waals surface area contributed by atoms with E-state index in [1.807, 2.05) is 38.2 Å². The first-order valence-electron chi connectivity index (χ1n) is 13.5. The van der Waals surface area contributed by atoms with Crippen molar-refractivity contribution in [2.45, 2.75) is 32.5 Å². The largest absolute Gasteiger partial charge is 0.497 e. The van der Waals surface area contributed by atoms with Gasteiger partial charge in [-0.05, 0) is 68.1 Å². The Morgan fingerprint density at radius 2 is 1.85 bits per heavy atom. The highest BCUT2D eigenvalue weighted by molar-refractivity contribution is 6.04. The van der Waals surface area contributed by atoms with Gasteiger partial charge in [0.25, 0.3) is 5.91 Å². The number of anilines is 2. The van der Waals surface area contributed by atoms with E-state index in [0.717, 1.165) is 11.3 Å². The van der Waals surface area contributed by atoms with E-state index in [1.165, 1.54) is 24.3 Å². The molecule has 0 bridgehead atoms. The van der Waals surface area contributed by atoms with Crippen LogP contribution in [-0.4, -0.2) is 72.8 Å². The topological polar surface area (TPSA) is 103 Å². The molecule has 4 rings (SSSR count). The fourth-order valence-electron chi connectivity index (χ4n) is 4.79. The molecule has 41 heavy (non-hydrogen) atoms. The van der Waals surface area contributed by atoms with Gasteiger partial charge < -0.3 is 30.1 Å². The highest BCUT2D eigenvalue weighted by Gasteiger charge is 2.34.